The third-order valence-electron chi connectivity index (χ3n) is 1.74. The molecule has 15 heavy (non-hydrogen) atoms. The molecule has 0 unspecified atom stereocenters. The Labute approximate surface area is 88.2 Å². The first-order valence-electron chi connectivity index (χ1n) is 4.59. The van der Waals surface area contributed by atoms with Crippen LogP contribution in [-0.2, 0) is 0 Å². The number of aromatic nitrogens is 1. The third kappa shape index (κ3) is 1.86. The molecule has 0 aliphatic carbocycles. The zero-order valence-corrected chi connectivity index (χ0v) is 8.93. The number of rotatable bonds is 0. The molecule has 6 heteroatoms. The molecule has 0 bridgehead atoms. The van der Waals surface area contributed by atoms with Crippen LogP contribution in [0.4, 0.5) is 11.9 Å². The molecule has 0 amide bonds. The van der Waals surface area contributed by atoms with Crippen molar-refractivity contribution in [3.05, 3.63) is 11.9 Å². The van der Waals surface area contributed by atoms with Gasteiger partial charge < -0.3 is 10.2 Å². The van der Waals surface area contributed by atoms with Crippen LogP contribution in [0, 0.1) is 11.5 Å². The highest BCUT2D eigenvalue weighted by Crippen LogP contribution is 2.28. The van der Waals surface area contributed by atoms with Crippen molar-refractivity contribution in [3.8, 4) is 6.19 Å². The summed E-state index contributed by atoms with van der Waals surface area (Å²) < 4.78 is 5.10. The highest BCUT2D eigenvalue weighted by Gasteiger charge is 2.21. The van der Waals surface area contributed by atoms with E-state index in [9.17, 15) is 0 Å². The van der Waals surface area contributed by atoms with Crippen LogP contribution < -0.4 is 10.7 Å². The van der Waals surface area contributed by atoms with Crippen molar-refractivity contribution in [3.63, 3.8) is 0 Å². The van der Waals surface area contributed by atoms with E-state index in [1.165, 1.54) is 10.0 Å². The molecular weight excluding hydrogens is 194 g/mol. The molecular formula is C9H13N5O. The fraction of sp³-hybridized carbons (Fsp3) is 0.333. The van der Waals surface area contributed by atoms with Crippen molar-refractivity contribution in [2.75, 3.05) is 17.8 Å². The average molecular weight is 207 g/mol. The second-order valence-corrected chi connectivity index (χ2v) is 2.53. The Morgan fingerprint density at radius 1 is 1.53 bits per heavy atom. The second kappa shape index (κ2) is 4.37. The van der Waals surface area contributed by atoms with Crippen LogP contribution in [0.15, 0.2) is 10.6 Å². The van der Waals surface area contributed by atoms with Crippen LogP contribution in [-0.4, -0.2) is 17.0 Å². The van der Waals surface area contributed by atoms with Crippen molar-refractivity contribution < 1.29 is 4.42 Å². The summed E-state index contributed by atoms with van der Waals surface area (Å²) in [5, 5.41) is 11.5. The lowest BCUT2D eigenvalue weighted by Gasteiger charge is -2.25. The van der Waals surface area contributed by atoms with E-state index < -0.39 is 0 Å². The van der Waals surface area contributed by atoms with Crippen molar-refractivity contribution in [2.24, 2.45) is 0 Å². The van der Waals surface area contributed by atoms with Gasteiger partial charge in [-0.05, 0) is 6.08 Å². The number of hydrogen-bond donors (Lipinski definition) is 1. The molecule has 2 N–H and O–H groups in total. The van der Waals surface area contributed by atoms with Gasteiger partial charge in [0.15, 0.2) is 0 Å². The number of oxazole rings is 1. The molecule has 0 saturated heterocycles. The van der Waals surface area contributed by atoms with Gasteiger partial charge in [0.1, 0.15) is 5.69 Å². The lowest BCUT2D eigenvalue weighted by Crippen LogP contribution is -2.33. The summed E-state index contributed by atoms with van der Waals surface area (Å²) in [4.78, 5) is 3.92. The number of hydrazine groups is 1. The number of nitrogen functional groups attached to an aromatic ring is 1. The first kappa shape index (κ1) is 10.9. The largest absolute Gasteiger partial charge is 0.405 e. The quantitative estimate of drug-likeness (QED) is 0.647. The third-order valence-corrected chi connectivity index (χ3v) is 1.74. The number of fused-ring (bicyclic) bond motifs is 1. The number of nitrogens with two attached hydrogens (primary N) is 1. The number of nitriles is 1. The Bertz CT molecular complexity index is 403. The Kier molecular flexibility index (Phi) is 3.18. The molecule has 0 atom stereocenters. The summed E-state index contributed by atoms with van der Waals surface area (Å²) in [6.07, 6.45) is 5.20. The lowest BCUT2D eigenvalue weighted by atomic mass is 10.4. The van der Waals surface area contributed by atoms with E-state index in [0.29, 0.717) is 11.6 Å². The average Bonchev–Trinajstić information content (AvgIpc) is 2.63. The Morgan fingerprint density at radius 3 is 2.80 bits per heavy atom. The molecule has 0 saturated carbocycles. The number of anilines is 2. The zero-order valence-electron chi connectivity index (χ0n) is 8.93. The van der Waals surface area contributed by atoms with Gasteiger partial charge in [-0.2, -0.15) is 15.3 Å². The van der Waals surface area contributed by atoms with Gasteiger partial charge in [-0.1, -0.05) is 13.8 Å². The van der Waals surface area contributed by atoms with Crippen molar-refractivity contribution in [1.82, 2.24) is 9.99 Å². The number of nitrogens with zero attached hydrogens (tertiary/aromatic N) is 4. The molecule has 0 fully saturated rings. The predicted molar refractivity (Wildman–Crippen MR) is 57.2 cm³/mol. The molecule has 0 spiro atoms. The first-order valence-corrected chi connectivity index (χ1v) is 4.59. The second-order valence-electron chi connectivity index (χ2n) is 2.53. The van der Waals surface area contributed by atoms with Crippen LogP contribution >= 0.6 is 0 Å². The Balaban J connectivity index is 0.000000531. The van der Waals surface area contributed by atoms with E-state index in [4.69, 9.17) is 15.4 Å². The summed E-state index contributed by atoms with van der Waals surface area (Å²) in [6, 6.07) is 0.0984. The minimum Gasteiger partial charge on any atom is -0.405 e. The fourth-order valence-electron chi connectivity index (χ4n) is 1.12. The van der Waals surface area contributed by atoms with Crippen LogP contribution in [0.1, 0.15) is 19.5 Å². The number of hydrogen-bond acceptors (Lipinski definition) is 6. The van der Waals surface area contributed by atoms with Crippen molar-refractivity contribution in [2.45, 2.75) is 13.8 Å². The van der Waals surface area contributed by atoms with Gasteiger partial charge in [-0.15, -0.1) is 0 Å². The van der Waals surface area contributed by atoms with E-state index in [2.05, 4.69) is 4.98 Å². The molecule has 80 valence electrons. The maximum Gasteiger partial charge on any atom is 0.294 e. The van der Waals surface area contributed by atoms with Crippen LogP contribution in [0.5, 0.6) is 0 Å². The maximum atomic E-state index is 8.68. The van der Waals surface area contributed by atoms with Crippen LogP contribution in [0.2, 0.25) is 0 Å². The van der Waals surface area contributed by atoms with Gasteiger partial charge in [-0.25, -0.2) is 5.01 Å². The minimum atomic E-state index is 0.0984. The van der Waals surface area contributed by atoms with Crippen LogP contribution in [0.25, 0.3) is 6.08 Å². The predicted octanol–water partition coefficient (Wildman–Crippen LogP) is 1.40. The van der Waals surface area contributed by atoms with Crippen molar-refractivity contribution in [1.29, 1.82) is 5.26 Å². The molecule has 1 aromatic rings. The molecule has 0 aromatic carbocycles. The minimum absolute atomic E-state index is 0.0984. The van der Waals surface area contributed by atoms with Gasteiger partial charge in [0, 0.05) is 13.2 Å². The fourth-order valence-corrected chi connectivity index (χ4v) is 1.12. The van der Waals surface area contributed by atoms with E-state index in [1.54, 1.807) is 19.3 Å². The zero-order chi connectivity index (χ0) is 11.4. The Morgan fingerprint density at radius 2 is 2.20 bits per heavy atom. The smallest absolute Gasteiger partial charge is 0.294 e. The van der Waals surface area contributed by atoms with Gasteiger partial charge in [0.25, 0.3) is 6.01 Å². The molecule has 6 nitrogen and oxygen atoms in total. The van der Waals surface area contributed by atoms with Gasteiger partial charge in [0.05, 0.1) is 0 Å². The summed E-state index contributed by atoms with van der Waals surface area (Å²) in [7, 11) is 1.69. The highest BCUT2D eigenvalue weighted by atomic mass is 16.4. The molecule has 1 aromatic heterocycles. The maximum absolute atomic E-state index is 8.68. The molecule has 1 aliphatic rings. The summed E-state index contributed by atoms with van der Waals surface area (Å²) >= 11 is 0. The van der Waals surface area contributed by atoms with E-state index in [1.807, 2.05) is 20.0 Å². The topological polar surface area (TPSA) is 82.3 Å². The monoisotopic (exact) mass is 207 g/mol. The first-order chi connectivity index (χ1) is 7.22. The normalized spacial score (nSPS) is 12.7. The molecule has 0 radical (unpaired) electrons. The van der Waals surface area contributed by atoms with Gasteiger partial charge in [0.2, 0.25) is 12.1 Å². The highest BCUT2D eigenvalue weighted by molar-refractivity contribution is 5.63. The molecule has 1 aliphatic heterocycles. The van der Waals surface area contributed by atoms with Crippen molar-refractivity contribution >= 4 is 18.0 Å². The van der Waals surface area contributed by atoms with Crippen LogP contribution in [0.3, 0.4) is 0 Å². The summed E-state index contributed by atoms with van der Waals surface area (Å²) in [5.41, 5.74) is 6.00. The Hall–Kier alpha value is -2.16. The van der Waals surface area contributed by atoms with E-state index >= 15 is 0 Å². The summed E-state index contributed by atoms with van der Waals surface area (Å²) in [6.45, 7) is 4.00. The van der Waals surface area contributed by atoms with E-state index in [-0.39, 0.29) is 6.01 Å². The summed E-state index contributed by atoms with van der Waals surface area (Å²) in [5.74, 6) is 0.474. The lowest BCUT2D eigenvalue weighted by molar-refractivity contribution is 0.447. The SMILES string of the molecule is CC.CN1c2oc(N)nc2C=CN1C#N. The molecule has 2 rings (SSSR count). The molecule has 2 heterocycles. The van der Waals surface area contributed by atoms with Gasteiger partial charge >= 0.3 is 0 Å². The standard InChI is InChI=1S/C7H7N5O.C2H6/c1-11-6-5(10-7(9)13-6)2-3-12(11)4-8;1-2/h2-3H,1H3,(H2,9,10);1-2H3. The van der Waals surface area contributed by atoms with E-state index in [0.717, 1.165) is 0 Å². The van der Waals surface area contributed by atoms with Gasteiger partial charge in [-0.3, -0.25) is 0 Å².